The van der Waals surface area contributed by atoms with Crippen molar-refractivity contribution in [2.45, 2.75) is 63.3 Å². The van der Waals surface area contributed by atoms with Gasteiger partial charge in [-0.15, -0.1) is 0 Å². The molecule has 2 aliphatic heterocycles. The van der Waals surface area contributed by atoms with Gasteiger partial charge in [0, 0.05) is 19.3 Å². The number of ether oxygens (including phenoxy) is 1. The number of hydrogen-bond donors (Lipinski definition) is 1. The van der Waals surface area contributed by atoms with E-state index < -0.39 is 12.1 Å². The lowest BCUT2D eigenvalue weighted by molar-refractivity contribution is -0.192. The molecule has 3 aliphatic rings. The van der Waals surface area contributed by atoms with E-state index in [9.17, 15) is 13.2 Å². The molecule has 29 heavy (non-hydrogen) atoms. The number of fused-ring (bicyclic) bond motifs is 1. The third-order valence-electron chi connectivity index (χ3n) is 6.05. The number of piperidine rings is 1. The van der Waals surface area contributed by atoms with Crippen molar-refractivity contribution in [2.75, 3.05) is 19.6 Å². The first kappa shape index (κ1) is 22.0. The Kier molecular flexibility index (Phi) is 7.45. The molecule has 4 rings (SSSR count). The van der Waals surface area contributed by atoms with E-state index in [1.165, 1.54) is 51.6 Å². The van der Waals surface area contributed by atoms with Crippen molar-refractivity contribution in [1.29, 1.82) is 0 Å². The van der Waals surface area contributed by atoms with E-state index in [-0.39, 0.29) is 6.10 Å². The van der Waals surface area contributed by atoms with E-state index in [0.717, 1.165) is 30.5 Å². The number of likely N-dealkylation sites (tertiary alicyclic amines) is 1. The van der Waals surface area contributed by atoms with Gasteiger partial charge in [-0.25, -0.2) is 14.8 Å². The first-order valence-electron chi connectivity index (χ1n) is 10.3. The minimum absolute atomic E-state index is 0.188. The second-order valence-corrected chi connectivity index (χ2v) is 8.15. The molecule has 3 heterocycles. The van der Waals surface area contributed by atoms with Crippen LogP contribution in [0, 0.1) is 11.8 Å². The van der Waals surface area contributed by atoms with E-state index in [2.05, 4.69) is 14.9 Å². The Bertz CT molecular complexity index is 653. The standard InChI is InChI=1S/C18H27N3O.C2HF3O2/c1-2-4-14(5-3-1)11-21-9-7-15-10-17(22-18(15)12-21)16-6-8-19-13-20-16;3-2(4,5)1(6)7/h6,8,13-15,17-18H,1-5,7,9-12H2;(H,6,7)/t15-,17+,18+;/m0./s1. The summed E-state index contributed by atoms with van der Waals surface area (Å²) in [5.74, 6) is -1.10. The number of carbonyl (C=O) groups is 1. The quantitative estimate of drug-likeness (QED) is 0.809. The molecule has 0 radical (unpaired) electrons. The summed E-state index contributed by atoms with van der Waals surface area (Å²) in [7, 11) is 0. The van der Waals surface area contributed by atoms with Crippen LogP contribution in [-0.2, 0) is 9.53 Å². The fourth-order valence-corrected chi connectivity index (χ4v) is 4.58. The Morgan fingerprint density at radius 1 is 1.24 bits per heavy atom. The molecule has 1 aromatic rings. The molecular formula is C20H28F3N3O3. The average Bonchev–Trinajstić information content (AvgIpc) is 3.13. The maximum absolute atomic E-state index is 10.6. The normalized spacial score (nSPS) is 28.3. The summed E-state index contributed by atoms with van der Waals surface area (Å²) < 4.78 is 38.1. The number of nitrogens with zero attached hydrogens (tertiary/aromatic N) is 3. The van der Waals surface area contributed by atoms with E-state index in [4.69, 9.17) is 14.6 Å². The monoisotopic (exact) mass is 415 g/mol. The van der Waals surface area contributed by atoms with Gasteiger partial charge in [-0.05, 0) is 50.1 Å². The fourth-order valence-electron chi connectivity index (χ4n) is 4.58. The van der Waals surface area contributed by atoms with Crippen LogP contribution < -0.4 is 0 Å². The van der Waals surface area contributed by atoms with Gasteiger partial charge < -0.3 is 14.7 Å². The number of carboxylic acid groups (broad SMARTS) is 1. The molecule has 0 unspecified atom stereocenters. The van der Waals surface area contributed by atoms with Gasteiger partial charge in [0.05, 0.1) is 11.8 Å². The Hall–Kier alpha value is -1.74. The Morgan fingerprint density at radius 2 is 1.97 bits per heavy atom. The minimum Gasteiger partial charge on any atom is -0.475 e. The zero-order valence-electron chi connectivity index (χ0n) is 16.4. The van der Waals surface area contributed by atoms with E-state index in [1.807, 2.05) is 12.3 Å². The fraction of sp³-hybridized carbons (Fsp3) is 0.750. The van der Waals surface area contributed by atoms with Crippen molar-refractivity contribution >= 4 is 5.97 Å². The third-order valence-corrected chi connectivity index (χ3v) is 6.05. The summed E-state index contributed by atoms with van der Waals surface area (Å²) in [5.41, 5.74) is 1.06. The molecule has 1 N–H and O–H groups in total. The van der Waals surface area contributed by atoms with E-state index in [0.29, 0.717) is 6.10 Å². The number of alkyl halides is 3. The molecule has 1 aliphatic carbocycles. The molecule has 6 nitrogen and oxygen atoms in total. The largest absolute Gasteiger partial charge is 0.490 e. The first-order valence-corrected chi connectivity index (χ1v) is 10.3. The highest BCUT2D eigenvalue weighted by atomic mass is 19.4. The van der Waals surface area contributed by atoms with Crippen LogP contribution in [0.25, 0.3) is 0 Å². The number of aliphatic carboxylic acids is 1. The van der Waals surface area contributed by atoms with Crippen LogP contribution in [0.4, 0.5) is 13.2 Å². The molecule has 0 spiro atoms. The van der Waals surface area contributed by atoms with Gasteiger partial charge in [0.25, 0.3) is 0 Å². The number of halogens is 3. The average molecular weight is 415 g/mol. The van der Waals surface area contributed by atoms with Crippen LogP contribution in [0.3, 0.4) is 0 Å². The molecule has 162 valence electrons. The van der Waals surface area contributed by atoms with Crippen LogP contribution in [0.2, 0.25) is 0 Å². The molecule has 9 heteroatoms. The van der Waals surface area contributed by atoms with Crippen molar-refractivity contribution in [3.63, 3.8) is 0 Å². The molecular weight excluding hydrogens is 387 g/mol. The van der Waals surface area contributed by atoms with Gasteiger partial charge in [0.15, 0.2) is 0 Å². The van der Waals surface area contributed by atoms with Crippen LogP contribution in [0.5, 0.6) is 0 Å². The molecule has 1 saturated carbocycles. The Morgan fingerprint density at radius 3 is 2.59 bits per heavy atom. The van der Waals surface area contributed by atoms with Crippen molar-refractivity contribution in [1.82, 2.24) is 14.9 Å². The molecule has 0 aromatic carbocycles. The number of carboxylic acids is 1. The highest BCUT2D eigenvalue weighted by Crippen LogP contribution is 2.40. The zero-order valence-corrected chi connectivity index (χ0v) is 16.4. The molecule has 1 aromatic heterocycles. The topological polar surface area (TPSA) is 75.5 Å². The van der Waals surface area contributed by atoms with Gasteiger partial charge in [0.2, 0.25) is 0 Å². The zero-order chi connectivity index (χ0) is 20.9. The van der Waals surface area contributed by atoms with E-state index >= 15 is 0 Å². The number of rotatable bonds is 3. The van der Waals surface area contributed by atoms with Crippen molar-refractivity contribution < 1.29 is 27.8 Å². The summed E-state index contributed by atoms with van der Waals surface area (Å²) in [5, 5.41) is 7.12. The maximum atomic E-state index is 10.6. The molecule has 0 amide bonds. The lowest BCUT2D eigenvalue weighted by Crippen LogP contribution is -2.44. The molecule has 0 bridgehead atoms. The van der Waals surface area contributed by atoms with Crippen LogP contribution >= 0.6 is 0 Å². The van der Waals surface area contributed by atoms with Gasteiger partial charge in [-0.1, -0.05) is 19.3 Å². The second-order valence-electron chi connectivity index (χ2n) is 8.15. The predicted molar refractivity (Wildman–Crippen MR) is 99.1 cm³/mol. The van der Waals surface area contributed by atoms with Gasteiger partial charge in [-0.3, -0.25) is 0 Å². The second kappa shape index (κ2) is 9.84. The summed E-state index contributed by atoms with van der Waals surface area (Å²) in [6.07, 6.45) is 8.62. The highest BCUT2D eigenvalue weighted by molar-refractivity contribution is 5.73. The van der Waals surface area contributed by atoms with Crippen molar-refractivity contribution in [2.24, 2.45) is 11.8 Å². The minimum atomic E-state index is -5.08. The Balaban J connectivity index is 0.000000298. The van der Waals surface area contributed by atoms with Crippen molar-refractivity contribution in [3.8, 4) is 0 Å². The highest BCUT2D eigenvalue weighted by Gasteiger charge is 2.40. The Labute approximate surface area is 168 Å². The number of aromatic nitrogens is 2. The van der Waals surface area contributed by atoms with Gasteiger partial charge >= 0.3 is 12.1 Å². The lowest BCUT2D eigenvalue weighted by atomic mass is 9.87. The lowest BCUT2D eigenvalue weighted by Gasteiger charge is -2.37. The molecule has 3 atom stereocenters. The van der Waals surface area contributed by atoms with Crippen molar-refractivity contribution in [3.05, 3.63) is 24.3 Å². The van der Waals surface area contributed by atoms with Crippen LogP contribution in [0.1, 0.15) is 56.7 Å². The summed E-state index contributed by atoms with van der Waals surface area (Å²) in [4.78, 5) is 20.0. The summed E-state index contributed by atoms with van der Waals surface area (Å²) in [6, 6.07) is 2.00. The molecule has 2 saturated heterocycles. The van der Waals surface area contributed by atoms with Gasteiger partial charge in [-0.2, -0.15) is 13.2 Å². The molecule has 3 fully saturated rings. The van der Waals surface area contributed by atoms with E-state index in [1.54, 1.807) is 6.33 Å². The predicted octanol–water partition coefficient (Wildman–Crippen LogP) is 3.84. The summed E-state index contributed by atoms with van der Waals surface area (Å²) in [6.45, 7) is 3.69. The SMILES string of the molecule is O=C(O)C(F)(F)F.c1cc([C@H]2C[C@@H]3CCN(CC4CCCCC4)C[C@H]3O2)ncn1. The van der Waals surface area contributed by atoms with Crippen LogP contribution in [-0.4, -0.2) is 57.9 Å². The third kappa shape index (κ3) is 6.37. The first-order chi connectivity index (χ1) is 13.8. The number of hydrogen-bond acceptors (Lipinski definition) is 5. The summed E-state index contributed by atoms with van der Waals surface area (Å²) >= 11 is 0. The van der Waals surface area contributed by atoms with Crippen LogP contribution in [0.15, 0.2) is 18.6 Å². The maximum Gasteiger partial charge on any atom is 0.490 e. The smallest absolute Gasteiger partial charge is 0.475 e. The van der Waals surface area contributed by atoms with Gasteiger partial charge in [0.1, 0.15) is 12.4 Å².